The molecule has 11 heteroatoms. The van der Waals surface area contributed by atoms with Crippen LogP contribution >= 0.6 is 0 Å². The first-order chi connectivity index (χ1) is 13.8. The lowest BCUT2D eigenvalue weighted by Crippen LogP contribution is -2.22. The van der Waals surface area contributed by atoms with E-state index in [1.165, 1.54) is 22.9 Å². The Morgan fingerprint density at radius 3 is 2.52 bits per heavy atom. The van der Waals surface area contributed by atoms with Gasteiger partial charge in [-0.1, -0.05) is 34.9 Å². The van der Waals surface area contributed by atoms with Crippen LogP contribution in [0.25, 0.3) is 5.69 Å². The lowest BCUT2D eigenvalue weighted by Gasteiger charge is -2.12. The number of para-hydroxylation sites is 2. The van der Waals surface area contributed by atoms with Gasteiger partial charge in [-0.25, -0.2) is 0 Å². The summed E-state index contributed by atoms with van der Waals surface area (Å²) in [5, 5.41) is 24.9. The van der Waals surface area contributed by atoms with Crippen molar-refractivity contribution in [3.05, 3.63) is 63.2 Å². The highest BCUT2D eigenvalue weighted by molar-refractivity contribution is 7.85. The molecule has 0 spiro atoms. The zero-order valence-corrected chi connectivity index (χ0v) is 16.8. The van der Waals surface area contributed by atoms with Gasteiger partial charge in [-0.05, 0) is 48.4 Å². The maximum Gasteiger partial charge on any atom is 0.292 e. The maximum atomic E-state index is 12.8. The van der Waals surface area contributed by atoms with Crippen LogP contribution < -0.4 is 5.32 Å². The van der Waals surface area contributed by atoms with E-state index >= 15 is 0 Å². The molecule has 0 saturated carbocycles. The fourth-order valence-electron chi connectivity index (χ4n) is 3.08. The molecule has 1 unspecified atom stereocenters. The van der Waals surface area contributed by atoms with Crippen LogP contribution in [-0.4, -0.2) is 41.0 Å². The van der Waals surface area contributed by atoms with E-state index < -0.39 is 27.4 Å². The van der Waals surface area contributed by atoms with Crippen molar-refractivity contribution in [3.8, 4) is 5.69 Å². The Kier molecular flexibility index (Phi) is 5.78. The number of tetrazole rings is 1. The molecular formula is C18H18N6O4S. The van der Waals surface area contributed by atoms with Crippen LogP contribution in [0.3, 0.4) is 0 Å². The number of carbonyl (C=O) groups excluding carboxylic acids is 1. The highest BCUT2D eigenvalue weighted by Crippen LogP contribution is 2.24. The molecule has 1 aromatic heterocycles. The smallest absolute Gasteiger partial charge is 0.292 e. The molecule has 0 bridgehead atoms. The molecule has 0 aliphatic rings. The zero-order chi connectivity index (χ0) is 21.1. The zero-order valence-electron chi connectivity index (χ0n) is 15.9. The molecule has 0 aliphatic carbocycles. The van der Waals surface area contributed by atoms with E-state index in [1.54, 1.807) is 6.07 Å². The van der Waals surface area contributed by atoms with Crippen molar-refractivity contribution in [2.24, 2.45) is 0 Å². The predicted octanol–water partition coefficient (Wildman–Crippen LogP) is 2.24. The van der Waals surface area contributed by atoms with Gasteiger partial charge in [0.15, 0.2) is 0 Å². The third kappa shape index (κ3) is 4.35. The third-order valence-corrected chi connectivity index (χ3v) is 5.31. The van der Waals surface area contributed by atoms with Crippen molar-refractivity contribution in [3.63, 3.8) is 0 Å². The molecule has 10 nitrogen and oxygen atoms in total. The number of aromatic nitrogens is 4. The number of aryl methyl sites for hydroxylation is 3. The number of nitrogens with one attached hydrogen (secondary N) is 1. The van der Waals surface area contributed by atoms with Gasteiger partial charge in [0, 0.05) is 6.07 Å². The van der Waals surface area contributed by atoms with Crippen LogP contribution in [0, 0.1) is 30.9 Å². The first-order valence-corrected chi connectivity index (χ1v) is 9.88. The number of hydrogen-bond donors (Lipinski definition) is 1. The van der Waals surface area contributed by atoms with Crippen molar-refractivity contribution in [1.82, 2.24) is 20.2 Å². The summed E-state index contributed by atoms with van der Waals surface area (Å²) in [7, 11) is -1.86. The summed E-state index contributed by atoms with van der Waals surface area (Å²) in [6, 6.07) is 9.64. The molecule has 150 valence electrons. The number of nitro groups is 1. The summed E-state index contributed by atoms with van der Waals surface area (Å²) >= 11 is 0. The van der Waals surface area contributed by atoms with Gasteiger partial charge in [-0.15, -0.1) is 0 Å². The predicted molar refractivity (Wildman–Crippen MR) is 106 cm³/mol. The van der Waals surface area contributed by atoms with Gasteiger partial charge >= 0.3 is 0 Å². The quantitative estimate of drug-likeness (QED) is 0.483. The minimum absolute atomic E-state index is 0.0257. The molecule has 0 saturated heterocycles. The topological polar surface area (TPSA) is 133 Å². The fraction of sp³-hybridized carbons (Fsp3) is 0.222. The summed E-state index contributed by atoms with van der Waals surface area (Å²) in [5.41, 5.74) is 3.35. The van der Waals surface area contributed by atoms with Crippen LogP contribution in [0.15, 0.2) is 41.6 Å². The molecule has 1 heterocycles. The van der Waals surface area contributed by atoms with Crippen molar-refractivity contribution in [1.29, 1.82) is 0 Å². The molecule has 1 atom stereocenters. The van der Waals surface area contributed by atoms with Crippen LogP contribution in [0.1, 0.15) is 16.7 Å². The van der Waals surface area contributed by atoms with Crippen LogP contribution in [0.4, 0.5) is 11.4 Å². The molecular weight excluding hydrogens is 396 g/mol. The molecule has 1 N–H and O–H groups in total. The Balaban J connectivity index is 1.83. The molecule has 2 aromatic carbocycles. The van der Waals surface area contributed by atoms with E-state index in [0.717, 1.165) is 16.7 Å². The lowest BCUT2D eigenvalue weighted by molar-refractivity contribution is -0.383. The molecule has 0 fully saturated rings. The van der Waals surface area contributed by atoms with E-state index in [0.29, 0.717) is 5.69 Å². The Labute approximate surface area is 168 Å². The second-order valence-corrected chi connectivity index (χ2v) is 7.78. The average molecular weight is 414 g/mol. The van der Waals surface area contributed by atoms with Gasteiger partial charge in [0.1, 0.15) is 22.2 Å². The molecule has 0 radical (unpaired) electrons. The summed E-state index contributed by atoms with van der Waals surface area (Å²) in [6.45, 7) is 5.76. The average Bonchev–Trinajstić information content (AvgIpc) is 3.10. The summed E-state index contributed by atoms with van der Waals surface area (Å²) in [5.74, 6) is -1.10. The fourth-order valence-corrected chi connectivity index (χ4v) is 3.96. The Morgan fingerprint density at radius 1 is 1.21 bits per heavy atom. The molecule has 3 aromatic rings. The van der Waals surface area contributed by atoms with Gasteiger partial charge in [-0.3, -0.25) is 19.1 Å². The van der Waals surface area contributed by atoms with Gasteiger partial charge < -0.3 is 5.32 Å². The summed E-state index contributed by atoms with van der Waals surface area (Å²) in [4.78, 5) is 22.8. The van der Waals surface area contributed by atoms with Crippen molar-refractivity contribution < 1.29 is 13.9 Å². The van der Waals surface area contributed by atoms with Crippen molar-refractivity contribution >= 4 is 28.1 Å². The van der Waals surface area contributed by atoms with Crippen molar-refractivity contribution in [2.75, 3.05) is 11.1 Å². The number of carbonyl (C=O) groups is 1. The van der Waals surface area contributed by atoms with Crippen LogP contribution in [0.2, 0.25) is 0 Å². The lowest BCUT2D eigenvalue weighted by atomic mass is 10.1. The SMILES string of the molecule is Cc1cc(C)c(-n2nnnc2S(=O)CC(=O)Nc2ccccc2[N+](=O)[O-])c(C)c1. The second kappa shape index (κ2) is 8.27. The third-order valence-electron chi connectivity index (χ3n) is 4.13. The normalized spacial score (nSPS) is 11.8. The number of benzene rings is 2. The highest BCUT2D eigenvalue weighted by atomic mass is 32.2. The maximum absolute atomic E-state index is 12.8. The number of rotatable bonds is 6. The highest BCUT2D eigenvalue weighted by Gasteiger charge is 2.22. The number of anilines is 1. The Morgan fingerprint density at radius 2 is 1.86 bits per heavy atom. The molecule has 29 heavy (non-hydrogen) atoms. The summed E-state index contributed by atoms with van der Waals surface area (Å²) < 4.78 is 14.1. The van der Waals surface area contributed by atoms with Gasteiger partial charge in [0.25, 0.3) is 5.69 Å². The number of hydrogen-bond acceptors (Lipinski definition) is 7. The number of amides is 1. The Hall–Kier alpha value is -3.47. The molecule has 3 rings (SSSR count). The minimum atomic E-state index is -1.86. The first-order valence-electron chi connectivity index (χ1n) is 8.56. The standard InChI is InChI=1S/C18H18N6O4S/c1-11-8-12(2)17(13(3)9-11)23-18(20-21-22-23)29(28)10-16(25)19-14-6-4-5-7-15(14)24(26)27/h4-9H,10H2,1-3H3,(H,19,25). The second-order valence-electron chi connectivity index (χ2n) is 6.43. The largest absolute Gasteiger partial charge is 0.320 e. The monoisotopic (exact) mass is 414 g/mol. The number of nitro benzene ring substituents is 1. The van der Waals surface area contributed by atoms with E-state index in [9.17, 15) is 19.1 Å². The van der Waals surface area contributed by atoms with E-state index in [4.69, 9.17) is 0 Å². The molecule has 0 aliphatic heterocycles. The van der Waals surface area contributed by atoms with Crippen LogP contribution in [-0.2, 0) is 15.6 Å². The van der Waals surface area contributed by atoms with Gasteiger partial charge in [0.2, 0.25) is 11.1 Å². The van der Waals surface area contributed by atoms with E-state index in [-0.39, 0.29) is 16.5 Å². The minimum Gasteiger partial charge on any atom is -0.320 e. The van der Waals surface area contributed by atoms with Crippen molar-refractivity contribution in [2.45, 2.75) is 25.9 Å². The van der Waals surface area contributed by atoms with Gasteiger partial charge in [-0.2, -0.15) is 4.68 Å². The van der Waals surface area contributed by atoms with Crippen LogP contribution in [0.5, 0.6) is 0 Å². The summed E-state index contributed by atoms with van der Waals surface area (Å²) in [6.07, 6.45) is 0. The van der Waals surface area contributed by atoms with E-state index in [2.05, 4.69) is 20.8 Å². The van der Waals surface area contributed by atoms with E-state index in [1.807, 2.05) is 32.9 Å². The van der Waals surface area contributed by atoms with Gasteiger partial charge in [0.05, 0.1) is 10.6 Å². The molecule has 1 amide bonds. The Bertz CT molecular complexity index is 1100. The first kappa shape index (κ1) is 20.3. The number of nitrogens with zero attached hydrogens (tertiary/aromatic N) is 5.